The van der Waals surface area contributed by atoms with Crippen molar-refractivity contribution in [2.45, 2.75) is 37.3 Å². The molecule has 1 saturated carbocycles. The number of rotatable bonds is 3. The molecule has 0 aliphatic heterocycles. The highest BCUT2D eigenvalue weighted by Gasteiger charge is 2.40. The van der Waals surface area contributed by atoms with Gasteiger partial charge in [0.25, 0.3) is 0 Å². The molecule has 3 unspecified atom stereocenters. The lowest BCUT2D eigenvalue weighted by atomic mass is 10.1. The Kier molecular flexibility index (Phi) is 3.05. The van der Waals surface area contributed by atoms with Gasteiger partial charge >= 0.3 is 0 Å². The normalized spacial score (nSPS) is 27.4. The molecule has 1 fully saturated rings. The first-order valence-corrected chi connectivity index (χ1v) is 7.78. The first-order valence-electron chi connectivity index (χ1n) is 7.40. The van der Waals surface area contributed by atoms with Crippen LogP contribution in [0.3, 0.4) is 0 Å². The SMILES string of the molecule is Clc1ccc2c(c1)CCC2NC1CC1c1ccccc1. The van der Waals surface area contributed by atoms with E-state index < -0.39 is 0 Å². The van der Waals surface area contributed by atoms with Crippen LogP contribution in [-0.4, -0.2) is 6.04 Å². The maximum absolute atomic E-state index is 6.07. The number of hydrogen-bond acceptors (Lipinski definition) is 1. The second kappa shape index (κ2) is 4.91. The average Bonchev–Trinajstić information content (AvgIpc) is 3.13. The lowest BCUT2D eigenvalue weighted by molar-refractivity contribution is 0.521. The zero-order chi connectivity index (χ0) is 13.5. The highest BCUT2D eigenvalue weighted by Crippen LogP contribution is 2.43. The molecular formula is C18H18ClN. The zero-order valence-corrected chi connectivity index (χ0v) is 12.1. The summed E-state index contributed by atoms with van der Waals surface area (Å²) in [6.45, 7) is 0. The number of nitrogens with one attached hydrogen (secondary N) is 1. The summed E-state index contributed by atoms with van der Waals surface area (Å²) in [4.78, 5) is 0. The number of benzene rings is 2. The third kappa shape index (κ3) is 2.25. The van der Waals surface area contributed by atoms with E-state index in [0.29, 0.717) is 18.0 Å². The molecule has 0 spiro atoms. The third-order valence-electron chi connectivity index (χ3n) is 4.62. The number of aryl methyl sites for hydroxylation is 1. The lowest BCUT2D eigenvalue weighted by Crippen LogP contribution is -2.22. The van der Waals surface area contributed by atoms with Crippen LogP contribution in [0.25, 0.3) is 0 Å². The van der Waals surface area contributed by atoms with Crippen LogP contribution >= 0.6 is 11.6 Å². The van der Waals surface area contributed by atoms with E-state index in [-0.39, 0.29) is 0 Å². The Morgan fingerprint density at radius 3 is 2.75 bits per heavy atom. The zero-order valence-electron chi connectivity index (χ0n) is 11.4. The van der Waals surface area contributed by atoms with E-state index in [2.05, 4.69) is 47.8 Å². The second-order valence-electron chi connectivity index (χ2n) is 5.96. The molecule has 3 atom stereocenters. The number of hydrogen-bond donors (Lipinski definition) is 1. The van der Waals surface area contributed by atoms with Gasteiger partial charge in [-0.25, -0.2) is 0 Å². The predicted molar refractivity (Wildman–Crippen MR) is 83.2 cm³/mol. The monoisotopic (exact) mass is 283 g/mol. The topological polar surface area (TPSA) is 12.0 Å². The van der Waals surface area contributed by atoms with Gasteiger partial charge in [0.1, 0.15) is 0 Å². The average molecular weight is 284 g/mol. The molecule has 1 nitrogen and oxygen atoms in total. The Hall–Kier alpha value is -1.31. The summed E-state index contributed by atoms with van der Waals surface area (Å²) in [6.07, 6.45) is 3.62. The smallest absolute Gasteiger partial charge is 0.0408 e. The fraction of sp³-hybridized carbons (Fsp3) is 0.333. The summed E-state index contributed by atoms with van der Waals surface area (Å²) in [5.74, 6) is 0.701. The molecule has 4 rings (SSSR count). The van der Waals surface area contributed by atoms with Crippen molar-refractivity contribution in [1.29, 1.82) is 0 Å². The highest BCUT2D eigenvalue weighted by molar-refractivity contribution is 6.30. The molecule has 2 aliphatic rings. The summed E-state index contributed by atoms with van der Waals surface area (Å²) in [5, 5.41) is 4.69. The van der Waals surface area contributed by atoms with Crippen molar-refractivity contribution in [1.82, 2.24) is 5.32 Å². The molecule has 1 N–H and O–H groups in total. The van der Waals surface area contributed by atoms with Gasteiger partial charge in [-0.2, -0.15) is 0 Å². The van der Waals surface area contributed by atoms with E-state index in [1.54, 1.807) is 0 Å². The summed E-state index contributed by atoms with van der Waals surface area (Å²) >= 11 is 6.07. The van der Waals surface area contributed by atoms with Gasteiger partial charge in [-0.15, -0.1) is 0 Å². The minimum absolute atomic E-state index is 0.515. The molecule has 2 aromatic carbocycles. The van der Waals surface area contributed by atoms with Crippen LogP contribution in [0.5, 0.6) is 0 Å². The van der Waals surface area contributed by atoms with E-state index >= 15 is 0 Å². The van der Waals surface area contributed by atoms with Crippen molar-refractivity contribution in [3.8, 4) is 0 Å². The van der Waals surface area contributed by atoms with Gasteiger partial charge in [0.05, 0.1) is 0 Å². The maximum atomic E-state index is 6.07. The van der Waals surface area contributed by atoms with Crippen LogP contribution in [-0.2, 0) is 6.42 Å². The lowest BCUT2D eigenvalue weighted by Gasteiger charge is -2.14. The van der Waals surface area contributed by atoms with E-state index in [9.17, 15) is 0 Å². The van der Waals surface area contributed by atoms with Crippen molar-refractivity contribution in [3.63, 3.8) is 0 Å². The molecule has 0 radical (unpaired) electrons. The Morgan fingerprint density at radius 2 is 1.90 bits per heavy atom. The molecular weight excluding hydrogens is 266 g/mol. The molecule has 0 aromatic heterocycles. The fourth-order valence-electron chi connectivity index (χ4n) is 3.47. The Labute approximate surface area is 125 Å². The van der Waals surface area contributed by atoms with E-state index in [1.807, 2.05) is 6.07 Å². The van der Waals surface area contributed by atoms with Crippen molar-refractivity contribution in [2.24, 2.45) is 0 Å². The molecule has 0 saturated heterocycles. The van der Waals surface area contributed by atoms with Crippen LogP contribution in [0, 0.1) is 0 Å². The van der Waals surface area contributed by atoms with Gasteiger partial charge in [0.15, 0.2) is 0 Å². The van der Waals surface area contributed by atoms with Gasteiger partial charge in [0.2, 0.25) is 0 Å². The van der Waals surface area contributed by atoms with Gasteiger partial charge in [-0.3, -0.25) is 0 Å². The predicted octanol–water partition coefficient (Wildman–Crippen LogP) is 4.47. The van der Waals surface area contributed by atoms with Crippen molar-refractivity contribution >= 4 is 11.6 Å². The Morgan fingerprint density at radius 1 is 1.05 bits per heavy atom. The van der Waals surface area contributed by atoms with Crippen molar-refractivity contribution < 1.29 is 0 Å². The van der Waals surface area contributed by atoms with Gasteiger partial charge in [0, 0.05) is 23.0 Å². The molecule has 2 heteroatoms. The quantitative estimate of drug-likeness (QED) is 0.876. The van der Waals surface area contributed by atoms with Crippen LogP contribution in [0.4, 0.5) is 0 Å². The van der Waals surface area contributed by atoms with Crippen molar-refractivity contribution in [2.75, 3.05) is 0 Å². The molecule has 0 bridgehead atoms. The standard InChI is InChI=1S/C18H18ClN/c19-14-7-8-15-13(10-14)6-9-17(15)20-18-11-16(18)12-4-2-1-3-5-12/h1-5,7-8,10,16-18,20H,6,9,11H2. The van der Waals surface area contributed by atoms with E-state index in [0.717, 1.165) is 11.4 Å². The minimum Gasteiger partial charge on any atom is -0.307 e. The van der Waals surface area contributed by atoms with Gasteiger partial charge < -0.3 is 5.32 Å². The first kappa shape index (κ1) is 12.4. The molecule has 20 heavy (non-hydrogen) atoms. The second-order valence-corrected chi connectivity index (χ2v) is 6.40. The van der Waals surface area contributed by atoms with Crippen LogP contribution < -0.4 is 5.32 Å². The molecule has 0 amide bonds. The summed E-state index contributed by atoms with van der Waals surface area (Å²) < 4.78 is 0. The molecule has 2 aromatic rings. The first-order chi connectivity index (χ1) is 9.81. The minimum atomic E-state index is 0.515. The van der Waals surface area contributed by atoms with Crippen LogP contribution in [0.2, 0.25) is 5.02 Å². The van der Waals surface area contributed by atoms with Crippen molar-refractivity contribution in [3.05, 3.63) is 70.2 Å². The Bertz CT molecular complexity index is 623. The van der Waals surface area contributed by atoms with Gasteiger partial charge in [-0.05, 0) is 48.1 Å². The Balaban J connectivity index is 1.46. The molecule has 0 heterocycles. The summed E-state index contributed by atoms with van der Waals surface area (Å²) in [5.41, 5.74) is 4.35. The van der Waals surface area contributed by atoms with E-state index in [1.165, 1.54) is 29.5 Å². The fourth-order valence-corrected chi connectivity index (χ4v) is 3.66. The molecule has 2 aliphatic carbocycles. The highest BCUT2D eigenvalue weighted by atomic mass is 35.5. The van der Waals surface area contributed by atoms with E-state index in [4.69, 9.17) is 11.6 Å². The van der Waals surface area contributed by atoms with Gasteiger partial charge in [-0.1, -0.05) is 48.0 Å². The number of halogens is 1. The summed E-state index contributed by atoms with van der Waals surface area (Å²) in [6, 6.07) is 18.3. The maximum Gasteiger partial charge on any atom is 0.0408 e. The third-order valence-corrected chi connectivity index (χ3v) is 4.85. The van der Waals surface area contributed by atoms with Crippen LogP contribution in [0.15, 0.2) is 48.5 Å². The number of fused-ring (bicyclic) bond motifs is 1. The summed E-state index contributed by atoms with van der Waals surface area (Å²) in [7, 11) is 0. The van der Waals surface area contributed by atoms with Crippen LogP contribution in [0.1, 0.15) is 41.5 Å². The molecule has 102 valence electrons. The largest absolute Gasteiger partial charge is 0.307 e.